The molecule has 0 spiro atoms. The van der Waals surface area contributed by atoms with Gasteiger partial charge in [-0.3, -0.25) is 9.48 Å². The fourth-order valence-corrected chi connectivity index (χ4v) is 3.30. The lowest BCUT2D eigenvalue weighted by Gasteiger charge is -2.25. The Labute approximate surface area is 111 Å². The van der Waals surface area contributed by atoms with Gasteiger partial charge in [-0.1, -0.05) is 19.3 Å². The Kier molecular flexibility index (Phi) is 3.12. The number of hydrogen-bond donors (Lipinski definition) is 1. The summed E-state index contributed by atoms with van der Waals surface area (Å²) in [6, 6.07) is 0.323. The maximum Gasteiger partial charge on any atom is 0.356 e. The minimum atomic E-state index is -1.01. The van der Waals surface area contributed by atoms with E-state index in [1.165, 1.54) is 19.3 Å². The molecule has 19 heavy (non-hydrogen) atoms. The quantitative estimate of drug-likeness (QED) is 0.886. The highest BCUT2D eigenvalue weighted by atomic mass is 16.4. The molecule has 2 aliphatic carbocycles. The molecular formula is C14H18N2O3. The molecule has 1 saturated carbocycles. The fourth-order valence-electron chi connectivity index (χ4n) is 3.30. The lowest BCUT2D eigenvalue weighted by atomic mass is 9.92. The Morgan fingerprint density at radius 2 is 1.95 bits per heavy atom. The highest BCUT2D eigenvalue weighted by Crippen LogP contribution is 2.32. The molecule has 0 amide bonds. The van der Waals surface area contributed by atoms with Crippen molar-refractivity contribution < 1.29 is 14.7 Å². The third-order valence-electron chi connectivity index (χ3n) is 4.26. The SMILES string of the molecule is O=C1CCc2c(c(C(=O)O)nn2C2CCCCC2)C1. The molecule has 1 heterocycles. The van der Waals surface area contributed by atoms with Crippen molar-refractivity contribution in [1.82, 2.24) is 9.78 Å². The summed E-state index contributed by atoms with van der Waals surface area (Å²) in [6.07, 6.45) is 7.16. The van der Waals surface area contributed by atoms with E-state index in [-0.39, 0.29) is 17.9 Å². The number of carboxylic acids is 1. The average molecular weight is 262 g/mol. The Balaban J connectivity index is 2.02. The van der Waals surface area contributed by atoms with Crippen LogP contribution in [0.1, 0.15) is 66.3 Å². The molecule has 1 aromatic rings. The monoisotopic (exact) mass is 262 g/mol. The summed E-state index contributed by atoms with van der Waals surface area (Å²) < 4.78 is 1.92. The zero-order valence-electron chi connectivity index (χ0n) is 10.9. The van der Waals surface area contributed by atoms with E-state index in [2.05, 4.69) is 5.10 Å². The van der Waals surface area contributed by atoms with Gasteiger partial charge in [-0.15, -0.1) is 0 Å². The second-order valence-electron chi connectivity index (χ2n) is 5.53. The first-order valence-corrected chi connectivity index (χ1v) is 7.02. The van der Waals surface area contributed by atoms with E-state index in [9.17, 15) is 14.7 Å². The minimum Gasteiger partial charge on any atom is -0.476 e. The number of carboxylic acid groups (broad SMARTS) is 1. The van der Waals surface area contributed by atoms with Crippen molar-refractivity contribution in [2.45, 2.75) is 57.4 Å². The Hall–Kier alpha value is -1.65. The fraction of sp³-hybridized carbons (Fsp3) is 0.643. The number of hydrogen-bond acceptors (Lipinski definition) is 3. The third kappa shape index (κ3) is 2.17. The summed E-state index contributed by atoms with van der Waals surface area (Å²) in [5.74, 6) is -0.890. The molecule has 2 aliphatic rings. The number of Topliss-reactive ketones (excluding diaryl/α,β-unsaturated/α-hetero) is 1. The van der Waals surface area contributed by atoms with Crippen LogP contribution in [-0.2, 0) is 17.6 Å². The van der Waals surface area contributed by atoms with Gasteiger partial charge in [0, 0.05) is 24.1 Å². The van der Waals surface area contributed by atoms with Crippen molar-refractivity contribution in [3.63, 3.8) is 0 Å². The topological polar surface area (TPSA) is 72.2 Å². The molecule has 0 aromatic carbocycles. The molecule has 0 bridgehead atoms. The molecule has 1 aromatic heterocycles. The van der Waals surface area contributed by atoms with Gasteiger partial charge in [0.05, 0.1) is 6.04 Å². The lowest BCUT2D eigenvalue weighted by molar-refractivity contribution is -0.118. The van der Waals surface area contributed by atoms with Crippen molar-refractivity contribution in [3.05, 3.63) is 17.0 Å². The maximum absolute atomic E-state index is 11.6. The van der Waals surface area contributed by atoms with Crippen molar-refractivity contribution in [2.75, 3.05) is 0 Å². The molecule has 0 saturated heterocycles. The van der Waals surface area contributed by atoms with Gasteiger partial charge in [-0.25, -0.2) is 4.79 Å². The highest BCUT2D eigenvalue weighted by Gasteiger charge is 2.30. The Morgan fingerprint density at radius 3 is 2.63 bits per heavy atom. The van der Waals surface area contributed by atoms with Crippen LogP contribution in [0, 0.1) is 0 Å². The number of carbonyl (C=O) groups is 2. The zero-order valence-corrected chi connectivity index (χ0v) is 10.9. The molecule has 1 fully saturated rings. The average Bonchev–Trinajstić information content (AvgIpc) is 2.78. The predicted molar refractivity (Wildman–Crippen MR) is 68.3 cm³/mol. The number of aromatic carboxylic acids is 1. The number of nitrogens with zero attached hydrogens (tertiary/aromatic N) is 2. The summed E-state index contributed by atoms with van der Waals surface area (Å²) in [5, 5.41) is 13.6. The smallest absolute Gasteiger partial charge is 0.356 e. The largest absolute Gasteiger partial charge is 0.476 e. The predicted octanol–water partition coefficient (Wildman–Crippen LogP) is 2.14. The second-order valence-corrected chi connectivity index (χ2v) is 5.53. The van der Waals surface area contributed by atoms with Crippen LogP contribution in [0.3, 0.4) is 0 Å². The first kappa shape index (κ1) is 12.4. The van der Waals surface area contributed by atoms with Gasteiger partial charge in [-0.2, -0.15) is 5.10 Å². The Morgan fingerprint density at radius 1 is 1.21 bits per heavy atom. The van der Waals surface area contributed by atoms with E-state index < -0.39 is 5.97 Å². The molecular weight excluding hydrogens is 244 g/mol. The standard InChI is InChI=1S/C14H18N2O3/c17-10-6-7-12-11(8-10)13(14(18)19)15-16(12)9-4-2-1-3-5-9/h9H,1-8H2,(H,18,19). The minimum absolute atomic E-state index is 0.0913. The van der Waals surface area contributed by atoms with Crippen LogP contribution in [0.5, 0.6) is 0 Å². The number of fused-ring (bicyclic) bond motifs is 1. The first-order chi connectivity index (χ1) is 9.16. The highest BCUT2D eigenvalue weighted by molar-refractivity contribution is 5.92. The lowest BCUT2D eigenvalue weighted by Crippen LogP contribution is -2.20. The summed E-state index contributed by atoms with van der Waals surface area (Å²) >= 11 is 0. The first-order valence-electron chi connectivity index (χ1n) is 7.02. The van der Waals surface area contributed by atoms with Gasteiger partial charge < -0.3 is 5.11 Å². The molecule has 0 radical (unpaired) electrons. The van der Waals surface area contributed by atoms with E-state index in [1.807, 2.05) is 4.68 Å². The molecule has 5 nitrogen and oxygen atoms in total. The van der Waals surface area contributed by atoms with Gasteiger partial charge in [0.1, 0.15) is 5.78 Å². The molecule has 5 heteroatoms. The molecule has 3 rings (SSSR count). The molecule has 1 N–H and O–H groups in total. The van der Waals surface area contributed by atoms with Crippen LogP contribution >= 0.6 is 0 Å². The van der Waals surface area contributed by atoms with E-state index in [1.54, 1.807) is 0 Å². The number of carbonyl (C=O) groups excluding carboxylic acids is 1. The number of ketones is 1. The van der Waals surface area contributed by atoms with Crippen LogP contribution in [0.15, 0.2) is 0 Å². The number of rotatable bonds is 2. The van der Waals surface area contributed by atoms with Crippen molar-refractivity contribution in [3.8, 4) is 0 Å². The summed E-state index contributed by atoms with van der Waals surface area (Å²) in [7, 11) is 0. The van der Waals surface area contributed by atoms with Crippen molar-refractivity contribution >= 4 is 11.8 Å². The van der Waals surface area contributed by atoms with Crippen molar-refractivity contribution in [2.24, 2.45) is 0 Å². The van der Waals surface area contributed by atoms with Gasteiger partial charge in [-0.05, 0) is 19.3 Å². The number of aromatic nitrogens is 2. The van der Waals surface area contributed by atoms with E-state index in [0.29, 0.717) is 24.4 Å². The summed E-state index contributed by atoms with van der Waals surface area (Å²) in [4.78, 5) is 22.8. The molecule has 102 valence electrons. The van der Waals surface area contributed by atoms with Crippen LogP contribution in [0.25, 0.3) is 0 Å². The Bertz CT molecular complexity index is 527. The second kappa shape index (κ2) is 4.79. The van der Waals surface area contributed by atoms with Gasteiger partial charge in [0.15, 0.2) is 5.69 Å². The van der Waals surface area contributed by atoms with Crippen LogP contribution in [0.4, 0.5) is 0 Å². The van der Waals surface area contributed by atoms with E-state index >= 15 is 0 Å². The van der Waals surface area contributed by atoms with Crippen LogP contribution < -0.4 is 0 Å². The van der Waals surface area contributed by atoms with Gasteiger partial charge in [0.25, 0.3) is 0 Å². The normalized spacial score (nSPS) is 20.3. The molecule has 0 aliphatic heterocycles. The molecule has 0 atom stereocenters. The summed E-state index contributed by atoms with van der Waals surface area (Å²) in [6.45, 7) is 0. The van der Waals surface area contributed by atoms with Crippen molar-refractivity contribution in [1.29, 1.82) is 0 Å². The summed E-state index contributed by atoms with van der Waals surface area (Å²) in [5.41, 5.74) is 1.74. The third-order valence-corrected chi connectivity index (χ3v) is 4.26. The van der Waals surface area contributed by atoms with E-state index in [0.717, 1.165) is 18.5 Å². The van der Waals surface area contributed by atoms with Gasteiger partial charge in [0.2, 0.25) is 0 Å². The van der Waals surface area contributed by atoms with Gasteiger partial charge >= 0.3 is 5.97 Å². The van der Waals surface area contributed by atoms with Crippen LogP contribution in [0.2, 0.25) is 0 Å². The van der Waals surface area contributed by atoms with Crippen LogP contribution in [-0.4, -0.2) is 26.6 Å². The van der Waals surface area contributed by atoms with E-state index in [4.69, 9.17) is 0 Å². The maximum atomic E-state index is 11.6. The zero-order chi connectivity index (χ0) is 13.4. The molecule has 0 unspecified atom stereocenters.